The monoisotopic (exact) mass is 490 g/mol. The Morgan fingerprint density at radius 1 is 0.938 bits per heavy atom. The lowest BCUT2D eigenvalue weighted by Crippen LogP contribution is -2.38. The van der Waals surface area contributed by atoms with E-state index in [9.17, 15) is 13.2 Å². The van der Waals surface area contributed by atoms with E-state index in [0.29, 0.717) is 21.8 Å². The Morgan fingerprint density at radius 3 is 2.16 bits per heavy atom. The van der Waals surface area contributed by atoms with Crippen molar-refractivity contribution in [2.75, 3.05) is 11.9 Å². The molecule has 168 valence electrons. The number of hydrogen-bond acceptors (Lipinski definition) is 3. The zero-order valence-corrected chi connectivity index (χ0v) is 20.4. The van der Waals surface area contributed by atoms with Crippen molar-refractivity contribution in [2.24, 2.45) is 0 Å². The lowest BCUT2D eigenvalue weighted by Gasteiger charge is -2.24. The van der Waals surface area contributed by atoms with Gasteiger partial charge < -0.3 is 5.32 Å². The number of amides is 1. The van der Waals surface area contributed by atoms with Gasteiger partial charge in [-0.15, -0.1) is 0 Å². The van der Waals surface area contributed by atoms with Crippen molar-refractivity contribution in [1.29, 1.82) is 0 Å². The predicted octanol–water partition coefficient (Wildman–Crippen LogP) is 5.75. The molecule has 32 heavy (non-hydrogen) atoms. The maximum Gasteiger partial charge on any atom is 0.244 e. The normalized spacial score (nSPS) is 11.6. The molecule has 0 bridgehead atoms. The van der Waals surface area contributed by atoms with Gasteiger partial charge in [0.05, 0.1) is 22.2 Å². The lowest BCUT2D eigenvalue weighted by molar-refractivity contribution is -0.116. The first-order valence-electron chi connectivity index (χ1n) is 9.95. The molecule has 0 aromatic heterocycles. The Labute approximate surface area is 199 Å². The van der Waals surface area contributed by atoms with Crippen molar-refractivity contribution >= 4 is 44.8 Å². The number of halogens is 2. The molecule has 0 unspecified atom stereocenters. The third kappa shape index (κ3) is 5.70. The molecule has 0 aliphatic rings. The third-order valence-corrected chi connectivity index (χ3v) is 7.58. The van der Waals surface area contributed by atoms with Crippen molar-refractivity contribution in [2.45, 2.75) is 32.2 Å². The first kappa shape index (κ1) is 24.3. The molecule has 5 nitrogen and oxygen atoms in total. The van der Waals surface area contributed by atoms with E-state index in [1.54, 1.807) is 26.0 Å². The molecule has 3 aromatic carbocycles. The average Bonchev–Trinajstić information content (AvgIpc) is 2.69. The van der Waals surface area contributed by atoms with Crippen molar-refractivity contribution in [3.63, 3.8) is 0 Å². The second-order valence-corrected chi connectivity index (χ2v) is 10.4. The number of hydrogen-bond donors (Lipinski definition) is 1. The van der Waals surface area contributed by atoms with E-state index < -0.39 is 15.9 Å². The van der Waals surface area contributed by atoms with E-state index in [0.717, 1.165) is 11.1 Å². The van der Waals surface area contributed by atoms with Crippen molar-refractivity contribution < 1.29 is 13.2 Å². The molecule has 3 rings (SSSR count). The Kier molecular flexibility index (Phi) is 7.62. The van der Waals surface area contributed by atoms with Crippen LogP contribution in [0.2, 0.25) is 10.0 Å². The van der Waals surface area contributed by atoms with Gasteiger partial charge in [0.15, 0.2) is 0 Å². The van der Waals surface area contributed by atoms with E-state index in [-0.39, 0.29) is 23.0 Å². The van der Waals surface area contributed by atoms with Crippen LogP contribution in [-0.2, 0) is 21.4 Å². The van der Waals surface area contributed by atoms with Gasteiger partial charge >= 0.3 is 0 Å². The minimum absolute atomic E-state index is 0.0533. The summed E-state index contributed by atoms with van der Waals surface area (Å²) in [6.07, 6.45) is 0. The highest BCUT2D eigenvalue weighted by molar-refractivity contribution is 7.89. The van der Waals surface area contributed by atoms with Gasteiger partial charge in [0, 0.05) is 11.6 Å². The van der Waals surface area contributed by atoms with Gasteiger partial charge in [0.2, 0.25) is 15.9 Å². The van der Waals surface area contributed by atoms with Crippen LogP contribution in [0.15, 0.2) is 65.6 Å². The largest absolute Gasteiger partial charge is 0.324 e. The van der Waals surface area contributed by atoms with Crippen LogP contribution in [0.4, 0.5) is 5.69 Å². The summed E-state index contributed by atoms with van der Waals surface area (Å²) < 4.78 is 28.6. The molecule has 1 N–H and O–H groups in total. The first-order valence-corrected chi connectivity index (χ1v) is 12.1. The summed E-state index contributed by atoms with van der Waals surface area (Å²) in [5.41, 5.74) is 3.39. The van der Waals surface area contributed by atoms with E-state index in [4.69, 9.17) is 23.2 Å². The highest BCUT2D eigenvalue weighted by Crippen LogP contribution is 2.28. The van der Waals surface area contributed by atoms with Gasteiger partial charge in [0.1, 0.15) is 0 Å². The molecule has 0 saturated carbocycles. The fourth-order valence-corrected chi connectivity index (χ4v) is 5.91. The topological polar surface area (TPSA) is 66.5 Å². The van der Waals surface area contributed by atoms with Crippen LogP contribution < -0.4 is 5.32 Å². The molecule has 1 amide bonds. The average molecular weight is 491 g/mol. The highest BCUT2D eigenvalue weighted by Gasteiger charge is 2.30. The van der Waals surface area contributed by atoms with Gasteiger partial charge in [0.25, 0.3) is 0 Å². The summed E-state index contributed by atoms with van der Waals surface area (Å²) in [5, 5.41) is 3.39. The van der Waals surface area contributed by atoms with Gasteiger partial charge in [-0.3, -0.25) is 4.79 Å². The molecule has 0 aliphatic carbocycles. The number of carbonyl (C=O) groups is 1. The number of nitrogens with one attached hydrogen (secondary N) is 1. The van der Waals surface area contributed by atoms with E-state index in [1.165, 1.54) is 10.4 Å². The summed E-state index contributed by atoms with van der Waals surface area (Å²) in [6, 6.07) is 17.5. The highest BCUT2D eigenvalue weighted by atomic mass is 35.5. The first-order chi connectivity index (χ1) is 15.1. The number of rotatable bonds is 7. The predicted molar refractivity (Wildman–Crippen MR) is 130 cm³/mol. The molecule has 0 aliphatic heterocycles. The number of carbonyl (C=O) groups excluding carboxylic acids is 1. The Bertz CT molecular complexity index is 1220. The van der Waals surface area contributed by atoms with Crippen LogP contribution in [0.25, 0.3) is 0 Å². The molecule has 3 aromatic rings. The molecule has 0 saturated heterocycles. The molecular formula is C24H24Cl2N2O3S. The third-order valence-electron chi connectivity index (χ3n) is 4.93. The number of sulfonamides is 1. The number of aryl methyl sites for hydroxylation is 3. The fraction of sp³-hybridized carbons (Fsp3) is 0.208. The van der Waals surface area contributed by atoms with Gasteiger partial charge in [-0.25, -0.2) is 8.42 Å². The zero-order chi connectivity index (χ0) is 23.5. The van der Waals surface area contributed by atoms with Crippen molar-refractivity contribution in [3.8, 4) is 0 Å². The lowest BCUT2D eigenvalue weighted by atomic mass is 10.1. The molecule has 8 heteroatoms. The molecular weight excluding hydrogens is 467 g/mol. The maximum absolute atomic E-state index is 13.7. The molecule has 0 fully saturated rings. The fourth-order valence-electron chi connectivity index (χ4n) is 3.66. The molecule has 0 heterocycles. The Hall–Kier alpha value is -2.38. The maximum atomic E-state index is 13.7. The summed E-state index contributed by atoms with van der Waals surface area (Å²) in [7, 11) is -3.96. The summed E-state index contributed by atoms with van der Waals surface area (Å²) in [5.74, 6) is -0.504. The van der Waals surface area contributed by atoms with Gasteiger partial charge in [-0.1, -0.05) is 71.2 Å². The molecule has 0 spiro atoms. The van der Waals surface area contributed by atoms with Crippen LogP contribution in [-0.4, -0.2) is 25.2 Å². The second kappa shape index (κ2) is 10.0. The van der Waals surface area contributed by atoms with E-state index in [2.05, 4.69) is 5.32 Å². The number of anilines is 1. The quantitative estimate of drug-likeness (QED) is 0.458. The number of benzene rings is 3. The van der Waals surface area contributed by atoms with Crippen LogP contribution in [0.1, 0.15) is 22.3 Å². The van der Waals surface area contributed by atoms with E-state index >= 15 is 0 Å². The Balaban J connectivity index is 1.96. The summed E-state index contributed by atoms with van der Waals surface area (Å²) in [6.45, 7) is 5.13. The standard InChI is InChI=1S/C24H24Cl2N2O3S/c1-16-11-17(2)24(18(3)12-16)32(30,31)28(14-19-7-5-4-6-8-19)15-23(29)27-22-10-9-20(25)13-21(22)26/h4-13H,14-15H2,1-3H3,(H,27,29). The van der Waals surface area contributed by atoms with Gasteiger partial charge in [-0.2, -0.15) is 4.31 Å². The van der Waals surface area contributed by atoms with Crippen molar-refractivity contribution in [1.82, 2.24) is 4.31 Å². The van der Waals surface area contributed by atoms with E-state index in [1.807, 2.05) is 49.4 Å². The minimum atomic E-state index is -3.96. The summed E-state index contributed by atoms with van der Waals surface area (Å²) in [4.78, 5) is 13.1. The van der Waals surface area contributed by atoms with Crippen LogP contribution in [0.3, 0.4) is 0 Å². The second-order valence-electron chi connectivity index (χ2n) is 7.66. The van der Waals surface area contributed by atoms with Crippen LogP contribution in [0, 0.1) is 20.8 Å². The van der Waals surface area contributed by atoms with Crippen molar-refractivity contribution in [3.05, 3.63) is 93.0 Å². The minimum Gasteiger partial charge on any atom is -0.324 e. The van der Waals surface area contributed by atoms with Gasteiger partial charge in [-0.05, 0) is 55.7 Å². The molecule has 0 radical (unpaired) electrons. The SMILES string of the molecule is Cc1cc(C)c(S(=O)(=O)N(CC(=O)Nc2ccc(Cl)cc2Cl)Cc2ccccc2)c(C)c1. The summed E-state index contributed by atoms with van der Waals surface area (Å²) >= 11 is 12.1. The molecule has 0 atom stereocenters. The smallest absolute Gasteiger partial charge is 0.244 e. The van der Waals surface area contributed by atoms with Crippen LogP contribution in [0.5, 0.6) is 0 Å². The van der Waals surface area contributed by atoms with Crippen LogP contribution >= 0.6 is 23.2 Å². The Morgan fingerprint density at radius 2 is 1.56 bits per heavy atom. The zero-order valence-electron chi connectivity index (χ0n) is 18.0. The number of nitrogens with zero attached hydrogens (tertiary/aromatic N) is 1.